The van der Waals surface area contributed by atoms with Gasteiger partial charge in [0.15, 0.2) is 5.78 Å². The summed E-state index contributed by atoms with van der Waals surface area (Å²) in [5, 5.41) is 3.47. The molecule has 1 saturated heterocycles. The Kier molecular flexibility index (Phi) is 8.09. The highest BCUT2D eigenvalue weighted by Gasteiger charge is 2.29. The minimum absolute atomic E-state index is 0.0192. The maximum atomic E-state index is 13.3. The van der Waals surface area contributed by atoms with Crippen molar-refractivity contribution in [1.29, 1.82) is 0 Å². The molecule has 3 aromatic carbocycles. The van der Waals surface area contributed by atoms with Crippen LogP contribution in [0.3, 0.4) is 0 Å². The van der Waals surface area contributed by atoms with Crippen molar-refractivity contribution in [3.63, 3.8) is 0 Å². The van der Waals surface area contributed by atoms with Crippen LogP contribution in [0.15, 0.2) is 72.8 Å². The highest BCUT2D eigenvalue weighted by Crippen LogP contribution is 2.37. The number of esters is 1. The number of benzene rings is 3. The van der Waals surface area contributed by atoms with Gasteiger partial charge in [0.25, 0.3) is 0 Å². The van der Waals surface area contributed by atoms with Crippen molar-refractivity contribution < 1.29 is 19.1 Å². The van der Waals surface area contributed by atoms with Crippen LogP contribution in [0.2, 0.25) is 0 Å². The lowest BCUT2D eigenvalue weighted by atomic mass is 9.99. The third kappa shape index (κ3) is 5.83. The molecule has 0 aromatic heterocycles. The number of carbonyl (C=O) groups is 3. The van der Waals surface area contributed by atoms with E-state index in [9.17, 15) is 14.4 Å². The molecular formula is C32H34N4O4. The van der Waals surface area contributed by atoms with E-state index < -0.39 is 5.97 Å². The van der Waals surface area contributed by atoms with E-state index in [4.69, 9.17) is 4.74 Å². The Hall–Kier alpha value is -4.27. The molecule has 0 radical (unpaired) electrons. The fourth-order valence-corrected chi connectivity index (χ4v) is 5.16. The number of nitrogens with zero attached hydrogens (tertiary/aromatic N) is 3. The van der Waals surface area contributed by atoms with Crippen LogP contribution >= 0.6 is 0 Å². The monoisotopic (exact) mass is 538 g/mol. The first-order valence-corrected chi connectivity index (χ1v) is 13.4. The van der Waals surface area contributed by atoms with E-state index in [0.717, 1.165) is 54.2 Å². The molecule has 0 spiro atoms. The zero-order valence-corrected chi connectivity index (χ0v) is 23.1. The number of carbonyl (C=O) groups excluding carboxylic acids is 3. The fraction of sp³-hybridized carbons (Fsp3) is 0.281. The average Bonchev–Trinajstić information content (AvgIpc) is 3.31. The lowest BCUT2D eigenvalue weighted by Gasteiger charge is -2.32. The van der Waals surface area contributed by atoms with Crippen molar-refractivity contribution in [1.82, 2.24) is 9.80 Å². The summed E-state index contributed by atoms with van der Waals surface area (Å²) in [6, 6.07) is 22.6. The Morgan fingerprint density at radius 2 is 1.62 bits per heavy atom. The Balaban J connectivity index is 1.40. The molecule has 0 unspecified atom stereocenters. The minimum atomic E-state index is -0.429. The van der Waals surface area contributed by atoms with E-state index in [1.54, 1.807) is 24.1 Å². The van der Waals surface area contributed by atoms with Crippen LogP contribution in [0.5, 0.6) is 0 Å². The lowest BCUT2D eigenvalue weighted by Crippen LogP contribution is -2.48. The first kappa shape index (κ1) is 27.3. The Morgan fingerprint density at radius 3 is 2.30 bits per heavy atom. The van der Waals surface area contributed by atoms with Gasteiger partial charge < -0.3 is 19.9 Å². The van der Waals surface area contributed by atoms with Crippen LogP contribution in [0, 0.1) is 0 Å². The number of methoxy groups -OCH3 is 1. The molecule has 0 atom stereocenters. The average molecular weight is 539 g/mol. The third-order valence-electron chi connectivity index (χ3n) is 7.59. The number of ether oxygens (including phenoxy) is 1. The second kappa shape index (κ2) is 11.9. The van der Waals surface area contributed by atoms with Gasteiger partial charge in [-0.25, -0.2) is 4.79 Å². The van der Waals surface area contributed by atoms with E-state index in [0.29, 0.717) is 23.4 Å². The van der Waals surface area contributed by atoms with Crippen molar-refractivity contribution in [3.05, 3.63) is 95.1 Å². The maximum absolute atomic E-state index is 13.3. The Morgan fingerprint density at radius 1 is 0.925 bits per heavy atom. The van der Waals surface area contributed by atoms with Gasteiger partial charge in [0.1, 0.15) is 0 Å². The molecule has 1 amide bonds. The molecular weight excluding hydrogens is 504 g/mol. The lowest BCUT2D eigenvalue weighted by molar-refractivity contribution is -0.119. The van der Waals surface area contributed by atoms with Crippen molar-refractivity contribution in [2.75, 3.05) is 64.1 Å². The van der Waals surface area contributed by atoms with Gasteiger partial charge in [-0.05, 0) is 60.1 Å². The molecule has 2 aliphatic rings. The van der Waals surface area contributed by atoms with E-state index in [1.807, 2.05) is 60.7 Å². The topological polar surface area (TPSA) is 82.2 Å². The van der Waals surface area contributed by atoms with E-state index in [1.165, 1.54) is 7.11 Å². The maximum Gasteiger partial charge on any atom is 0.337 e. The molecule has 1 N–H and O–H groups in total. The number of ketones is 1. The van der Waals surface area contributed by atoms with E-state index >= 15 is 0 Å². The van der Waals surface area contributed by atoms with Gasteiger partial charge in [0, 0.05) is 56.6 Å². The molecule has 0 bridgehead atoms. The van der Waals surface area contributed by atoms with Crippen molar-refractivity contribution in [2.45, 2.75) is 6.42 Å². The Bertz CT molecular complexity index is 1440. The zero-order valence-electron chi connectivity index (χ0n) is 23.1. The van der Waals surface area contributed by atoms with Crippen molar-refractivity contribution >= 4 is 40.3 Å². The summed E-state index contributed by atoms with van der Waals surface area (Å²) in [6.07, 6.45) is 0.215. The summed E-state index contributed by atoms with van der Waals surface area (Å²) in [6.45, 7) is 4.11. The number of anilines is 2. The quantitative estimate of drug-likeness (QED) is 0.362. The number of hydrogen-bond donors (Lipinski definition) is 1. The molecule has 1 aliphatic carbocycles. The number of allylic oxidation sites excluding steroid dienone is 1. The summed E-state index contributed by atoms with van der Waals surface area (Å²) in [7, 11) is 5.24. The standard InChI is InChI=1S/C32H34N4O4/c1-34-15-17-36(18-16-34)21-29(38)35(2)26-12-10-25(11-13-26)33-31(22-7-5-4-6-8-22)30-27-14-9-23(32(39)40-3)19-24(27)20-28(30)37/h4-14,19,33H,15-18,20-21H2,1-3H3/b31-30-. The smallest absolute Gasteiger partial charge is 0.337 e. The highest BCUT2D eigenvalue weighted by molar-refractivity contribution is 6.32. The molecule has 1 heterocycles. The number of piperazine rings is 1. The largest absolute Gasteiger partial charge is 0.465 e. The zero-order chi connectivity index (χ0) is 28.2. The van der Waals surface area contributed by atoms with E-state index in [2.05, 4.69) is 22.2 Å². The summed E-state index contributed by atoms with van der Waals surface area (Å²) < 4.78 is 4.85. The predicted octanol–water partition coefficient (Wildman–Crippen LogP) is 3.79. The number of rotatable bonds is 7. The third-order valence-corrected chi connectivity index (χ3v) is 7.59. The van der Waals surface area contributed by atoms with Gasteiger partial charge in [-0.1, -0.05) is 36.4 Å². The molecule has 40 heavy (non-hydrogen) atoms. The summed E-state index contributed by atoms with van der Waals surface area (Å²) in [4.78, 5) is 44.4. The minimum Gasteiger partial charge on any atom is -0.465 e. The predicted molar refractivity (Wildman–Crippen MR) is 157 cm³/mol. The molecule has 0 saturated carbocycles. The first-order chi connectivity index (χ1) is 19.3. The summed E-state index contributed by atoms with van der Waals surface area (Å²) >= 11 is 0. The van der Waals surface area contributed by atoms with Crippen molar-refractivity contribution in [2.24, 2.45) is 0 Å². The molecule has 5 rings (SSSR count). The molecule has 8 nitrogen and oxygen atoms in total. The van der Waals surface area contributed by atoms with Crippen LogP contribution in [-0.4, -0.2) is 81.4 Å². The van der Waals surface area contributed by atoms with Crippen molar-refractivity contribution in [3.8, 4) is 0 Å². The second-order valence-electron chi connectivity index (χ2n) is 10.3. The van der Waals surface area contributed by atoms with Gasteiger partial charge in [0.2, 0.25) is 5.91 Å². The number of hydrogen-bond acceptors (Lipinski definition) is 7. The van der Waals surface area contributed by atoms with Gasteiger partial charge in [-0.2, -0.15) is 0 Å². The number of nitrogens with one attached hydrogen (secondary N) is 1. The number of likely N-dealkylation sites (N-methyl/N-ethyl adjacent to an activating group) is 2. The normalized spacial score (nSPS) is 16.8. The van der Waals surface area contributed by atoms with E-state index in [-0.39, 0.29) is 18.1 Å². The van der Waals surface area contributed by atoms with Crippen LogP contribution in [0.25, 0.3) is 11.3 Å². The number of fused-ring (bicyclic) bond motifs is 1. The second-order valence-corrected chi connectivity index (χ2v) is 10.3. The fourth-order valence-electron chi connectivity index (χ4n) is 5.16. The highest BCUT2D eigenvalue weighted by atomic mass is 16.5. The number of amides is 1. The molecule has 1 aliphatic heterocycles. The molecule has 1 fully saturated rings. The van der Waals surface area contributed by atoms with Crippen LogP contribution < -0.4 is 10.2 Å². The van der Waals surface area contributed by atoms with Crippen LogP contribution in [0.1, 0.15) is 27.0 Å². The van der Waals surface area contributed by atoms with Gasteiger partial charge >= 0.3 is 5.97 Å². The Labute approximate surface area is 234 Å². The van der Waals surface area contributed by atoms with Gasteiger partial charge in [0.05, 0.1) is 24.9 Å². The van der Waals surface area contributed by atoms with Crippen LogP contribution in [-0.2, 0) is 20.7 Å². The molecule has 3 aromatic rings. The number of Topliss-reactive ketones (excluding diaryl/α,β-unsaturated/α-hetero) is 1. The molecule has 8 heteroatoms. The summed E-state index contributed by atoms with van der Waals surface area (Å²) in [5.41, 5.74) is 5.77. The summed E-state index contributed by atoms with van der Waals surface area (Å²) in [5.74, 6) is -0.396. The first-order valence-electron chi connectivity index (χ1n) is 13.4. The van der Waals surface area contributed by atoms with Gasteiger partial charge in [-0.15, -0.1) is 0 Å². The SMILES string of the molecule is COC(=O)c1ccc2c(c1)CC(=O)/C2=C(\Nc1ccc(N(C)C(=O)CN2CCN(C)CC2)cc1)c1ccccc1. The van der Waals surface area contributed by atoms with Gasteiger partial charge in [-0.3, -0.25) is 14.5 Å². The molecule has 206 valence electrons. The van der Waals surface area contributed by atoms with Crippen LogP contribution in [0.4, 0.5) is 11.4 Å².